The van der Waals surface area contributed by atoms with Crippen molar-refractivity contribution in [2.45, 2.75) is 52.0 Å². The molecule has 2 saturated heterocycles. The highest BCUT2D eigenvalue weighted by Gasteiger charge is 2.39. The minimum absolute atomic E-state index is 0.115. The van der Waals surface area contributed by atoms with E-state index in [4.69, 9.17) is 0 Å². The lowest BCUT2D eigenvalue weighted by Crippen LogP contribution is -2.43. The SMILES string of the molecule is CCC1(CC)CCN(C(=O)[C@@H]2CCCN2)C1. The summed E-state index contributed by atoms with van der Waals surface area (Å²) in [5.41, 5.74) is 0.411. The fraction of sp³-hybridized carbons (Fsp3) is 0.923. The second kappa shape index (κ2) is 4.74. The largest absolute Gasteiger partial charge is 0.341 e. The predicted molar refractivity (Wildman–Crippen MR) is 65.2 cm³/mol. The van der Waals surface area contributed by atoms with Crippen molar-refractivity contribution >= 4 is 5.91 Å². The van der Waals surface area contributed by atoms with Gasteiger partial charge in [-0.3, -0.25) is 4.79 Å². The topological polar surface area (TPSA) is 32.3 Å². The normalized spacial score (nSPS) is 28.6. The third-order valence-electron chi connectivity index (χ3n) is 4.61. The Morgan fingerprint density at radius 3 is 2.69 bits per heavy atom. The summed E-state index contributed by atoms with van der Waals surface area (Å²) in [5, 5.41) is 3.31. The molecule has 92 valence electrons. The van der Waals surface area contributed by atoms with Crippen LogP contribution in [0.25, 0.3) is 0 Å². The molecule has 0 bridgehead atoms. The lowest BCUT2D eigenvalue weighted by molar-refractivity contribution is -0.132. The minimum Gasteiger partial charge on any atom is -0.341 e. The summed E-state index contributed by atoms with van der Waals surface area (Å²) in [7, 11) is 0. The summed E-state index contributed by atoms with van der Waals surface area (Å²) in [6.45, 7) is 7.48. The lowest BCUT2D eigenvalue weighted by Gasteiger charge is -2.27. The Labute approximate surface area is 98.6 Å². The molecule has 1 N–H and O–H groups in total. The molecule has 0 saturated carbocycles. The van der Waals surface area contributed by atoms with Crippen molar-refractivity contribution in [2.75, 3.05) is 19.6 Å². The van der Waals surface area contributed by atoms with Gasteiger partial charge in [-0.25, -0.2) is 0 Å². The van der Waals surface area contributed by atoms with Crippen LogP contribution in [0.15, 0.2) is 0 Å². The molecule has 2 aliphatic heterocycles. The molecule has 0 aromatic rings. The Morgan fingerprint density at radius 1 is 1.44 bits per heavy atom. The molecular weight excluding hydrogens is 200 g/mol. The van der Waals surface area contributed by atoms with Gasteiger partial charge >= 0.3 is 0 Å². The van der Waals surface area contributed by atoms with Crippen LogP contribution < -0.4 is 5.32 Å². The van der Waals surface area contributed by atoms with Gasteiger partial charge in [0, 0.05) is 13.1 Å². The Bertz CT molecular complexity index is 255. The minimum atomic E-state index is 0.115. The van der Waals surface area contributed by atoms with Crippen LogP contribution in [0.3, 0.4) is 0 Å². The van der Waals surface area contributed by atoms with E-state index in [1.165, 1.54) is 19.3 Å². The molecule has 2 rings (SSSR count). The fourth-order valence-electron chi connectivity index (χ4n) is 3.07. The van der Waals surface area contributed by atoms with Crippen molar-refractivity contribution in [1.82, 2.24) is 10.2 Å². The third kappa shape index (κ3) is 2.10. The monoisotopic (exact) mass is 224 g/mol. The summed E-state index contributed by atoms with van der Waals surface area (Å²) >= 11 is 0. The van der Waals surface area contributed by atoms with Crippen LogP contribution in [-0.4, -0.2) is 36.5 Å². The first kappa shape index (κ1) is 11.9. The van der Waals surface area contributed by atoms with Crippen molar-refractivity contribution in [2.24, 2.45) is 5.41 Å². The maximum absolute atomic E-state index is 12.2. The molecule has 2 heterocycles. The van der Waals surface area contributed by atoms with Gasteiger partial charge in [0.1, 0.15) is 0 Å². The number of likely N-dealkylation sites (tertiary alicyclic amines) is 1. The first-order chi connectivity index (χ1) is 7.71. The number of carbonyl (C=O) groups excluding carboxylic acids is 1. The fourth-order valence-corrected chi connectivity index (χ4v) is 3.07. The summed E-state index contributed by atoms with van der Waals surface area (Å²) < 4.78 is 0. The average Bonchev–Trinajstić information content (AvgIpc) is 2.98. The smallest absolute Gasteiger partial charge is 0.239 e. The van der Waals surface area contributed by atoms with E-state index in [0.29, 0.717) is 11.3 Å². The van der Waals surface area contributed by atoms with E-state index in [2.05, 4.69) is 24.1 Å². The molecule has 1 amide bonds. The molecule has 3 nitrogen and oxygen atoms in total. The van der Waals surface area contributed by atoms with Crippen LogP contribution in [0.4, 0.5) is 0 Å². The maximum atomic E-state index is 12.2. The molecule has 1 atom stereocenters. The van der Waals surface area contributed by atoms with Crippen LogP contribution in [-0.2, 0) is 4.79 Å². The van der Waals surface area contributed by atoms with E-state index in [-0.39, 0.29) is 6.04 Å². The highest BCUT2D eigenvalue weighted by Crippen LogP contribution is 2.37. The van der Waals surface area contributed by atoms with Gasteiger partial charge in [-0.15, -0.1) is 0 Å². The third-order valence-corrected chi connectivity index (χ3v) is 4.61. The maximum Gasteiger partial charge on any atom is 0.239 e. The van der Waals surface area contributed by atoms with Gasteiger partial charge in [0.25, 0.3) is 0 Å². The number of nitrogens with one attached hydrogen (secondary N) is 1. The molecule has 0 aliphatic carbocycles. The van der Waals surface area contributed by atoms with Gasteiger partial charge in [-0.1, -0.05) is 13.8 Å². The van der Waals surface area contributed by atoms with Crippen LogP contribution >= 0.6 is 0 Å². The number of amides is 1. The van der Waals surface area contributed by atoms with Crippen molar-refractivity contribution in [3.63, 3.8) is 0 Å². The second-order valence-corrected chi connectivity index (χ2v) is 5.37. The highest BCUT2D eigenvalue weighted by atomic mass is 16.2. The zero-order valence-electron chi connectivity index (χ0n) is 10.6. The van der Waals surface area contributed by atoms with Gasteiger partial charge in [-0.2, -0.15) is 0 Å². The van der Waals surface area contributed by atoms with Gasteiger partial charge in [-0.05, 0) is 44.1 Å². The summed E-state index contributed by atoms with van der Waals surface area (Å²) in [5.74, 6) is 0.348. The van der Waals surface area contributed by atoms with E-state index < -0.39 is 0 Å². The molecule has 0 aromatic carbocycles. The van der Waals surface area contributed by atoms with Gasteiger partial charge in [0.05, 0.1) is 6.04 Å². The molecule has 2 aliphatic rings. The quantitative estimate of drug-likeness (QED) is 0.792. The zero-order chi connectivity index (χ0) is 11.6. The van der Waals surface area contributed by atoms with E-state index in [1.807, 2.05) is 0 Å². The first-order valence-electron chi connectivity index (χ1n) is 6.73. The summed E-state index contributed by atoms with van der Waals surface area (Å²) in [6, 6.07) is 0.115. The van der Waals surface area contributed by atoms with Crippen LogP contribution in [0.1, 0.15) is 46.0 Å². The summed E-state index contributed by atoms with van der Waals surface area (Å²) in [6.07, 6.45) is 5.77. The predicted octanol–water partition coefficient (Wildman–Crippen LogP) is 1.78. The van der Waals surface area contributed by atoms with Crippen molar-refractivity contribution in [3.05, 3.63) is 0 Å². The van der Waals surface area contributed by atoms with Crippen molar-refractivity contribution < 1.29 is 4.79 Å². The standard InChI is InChI=1S/C13H24N2O/c1-3-13(4-2)7-9-15(10-13)12(16)11-6-5-8-14-11/h11,14H,3-10H2,1-2H3/t11-/m0/s1. The lowest BCUT2D eigenvalue weighted by atomic mass is 9.82. The molecule has 0 spiro atoms. The molecule has 0 aromatic heterocycles. The number of hydrogen-bond acceptors (Lipinski definition) is 2. The number of rotatable bonds is 3. The Hall–Kier alpha value is -0.570. The van der Waals surface area contributed by atoms with E-state index in [0.717, 1.165) is 32.5 Å². The van der Waals surface area contributed by atoms with Gasteiger partial charge in [0.2, 0.25) is 5.91 Å². The Balaban J connectivity index is 1.94. The van der Waals surface area contributed by atoms with E-state index >= 15 is 0 Å². The van der Waals surface area contributed by atoms with E-state index in [9.17, 15) is 4.79 Å². The average molecular weight is 224 g/mol. The molecule has 0 radical (unpaired) electrons. The van der Waals surface area contributed by atoms with Crippen LogP contribution in [0.2, 0.25) is 0 Å². The number of nitrogens with zero attached hydrogens (tertiary/aromatic N) is 1. The zero-order valence-corrected chi connectivity index (χ0v) is 10.6. The second-order valence-electron chi connectivity index (χ2n) is 5.37. The molecule has 3 heteroatoms. The van der Waals surface area contributed by atoms with Gasteiger partial charge in [0.15, 0.2) is 0 Å². The molecule has 0 unspecified atom stereocenters. The van der Waals surface area contributed by atoms with E-state index in [1.54, 1.807) is 0 Å². The number of hydrogen-bond donors (Lipinski definition) is 1. The molecule has 2 fully saturated rings. The van der Waals surface area contributed by atoms with Crippen LogP contribution in [0, 0.1) is 5.41 Å². The Morgan fingerprint density at radius 2 is 2.19 bits per heavy atom. The summed E-state index contributed by atoms with van der Waals surface area (Å²) in [4.78, 5) is 14.3. The van der Waals surface area contributed by atoms with Crippen molar-refractivity contribution in [3.8, 4) is 0 Å². The number of carbonyl (C=O) groups is 1. The highest BCUT2D eigenvalue weighted by molar-refractivity contribution is 5.82. The van der Waals surface area contributed by atoms with Crippen molar-refractivity contribution in [1.29, 1.82) is 0 Å². The Kier molecular flexibility index (Phi) is 3.53. The van der Waals surface area contributed by atoms with Gasteiger partial charge < -0.3 is 10.2 Å². The first-order valence-corrected chi connectivity index (χ1v) is 6.73. The molecular formula is C13H24N2O. The molecule has 16 heavy (non-hydrogen) atoms. The van der Waals surface area contributed by atoms with Crippen LogP contribution in [0.5, 0.6) is 0 Å².